The third kappa shape index (κ3) is 5.27. The quantitative estimate of drug-likeness (QED) is 0.172. The molecule has 0 spiro atoms. The van der Waals surface area contributed by atoms with Gasteiger partial charge in [-0.1, -0.05) is 48.5 Å². The molecule has 2 heterocycles. The summed E-state index contributed by atoms with van der Waals surface area (Å²) in [6.07, 6.45) is -2.12. The van der Waals surface area contributed by atoms with E-state index >= 15 is 0 Å². The number of aliphatic hydroxyl groups excluding tert-OH is 1. The molecule has 2 aliphatic rings. The molecule has 3 N–H and O–H groups in total. The first-order valence-electron chi connectivity index (χ1n) is 11.9. The number of carbonyl (C=O) groups is 2. The third-order valence-electron chi connectivity index (χ3n) is 7.10. The number of carbonyl (C=O) groups excluding carboxylic acids is 2. The summed E-state index contributed by atoms with van der Waals surface area (Å²) < 4.78 is 10.7. The molecule has 2 aromatic rings. The molecule has 2 aromatic carbocycles. The van der Waals surface area contributed by atoms with Crippen LogP contribution in [0.25, 0.3) is 0 Å². The molecular weight excluding hydrogens is 486 g/mol. The second-order valence-corrected chi connectivity index (χ2v) is 9.54. The second-order valence-electron chi connectivity index (χ2n) is 9.54. The van der Waals surface area contributed by atoms with E-state index in [2.05, 4.69) is 4.84 Å². The molecule has 11 nitrogen and oxygen atoms in total. The van der Waals surface area contributed by atoms with Gasteiger partial charge in [-0.3, -0.25) is 14.4 Å². The Labute approximate surface area is 212 Å². The molecule has 198 valence electrons. The average molecular weight is 516 g/mol. The summed E-state index contributed by atoms with van der Waals surface area (Å²) in [5.41, 5.74) is 0.634. The average Bonchev–Trinajstić information content (AvgIpc) is 3.41. The van der Waals surface area contributed by atoms with E-state index in [1.165, 1.54) is 6.92 Å². The van der Waals surface area contributed by atoms with Crippen LogP contribution in [0.4, 0.5) is 0 Å². The van der Waals surface area contributed by atoms with Crippen LogP contribution in [0.3, 0.4) is 0 Å². The van der Waals surface area contributed by atoms with Crippen LogP contribution >= 0.6 is 0 Å². The van der Waals surface area contributed by atoms with E-state index in [0.717, 1.165) is 23.0 Å². The molecule has 0 bridgehead atoms. The molecule has 0 aromatic heterocycles. The molecular formula is C26H29NO10. The Hall–Kier alpha value is -3.22. The van der Waals surface area contributed by atoms with Crippen molar-refractivity contribution in [3.05, 3.63) is 80.9 Å². The summed E-state index contributed by atoms with van der Waals surface area (Å²) in [4.78, 5) is 39.0. The maximum atomic E-state index is 12.4. The zero-order chi connectivity index (χ0) is 26.8. The standard InChI is InChI=1S/C26H29NO10/c1-16(29)22(20-10-6-18(13-28)7-11-20)19-8-4-17(5-9-19)3-2-12-26(32,37-27(33)34)25(31)15-36-23-21(30)14-35-24(23)25/h4-11,13,21-24,30-32H,2-3,12,14-15H2,1H3/t21-,22?,23+,24-,25-,26?/m0/s1. The first-order chi connectivity index (χ1) is 17.6. The van der Waals surface area contributed by atoms with Gasteiger partial charge >= 0.3 is 0 Å². The summed E-state index contributed by atoms with van der Waals surface area (Å²) in [5.74, 6) is -3.18. The third-order valence-corrected chi connectivity index (χ3v) is 7.10. The minimum atomic E-state index is -2.62. The van der Waals surface area contributed by atoms with Crippen molar-refractivity contribution in [2.45, 2.75) is 61.8 Å². The number of aliphatic hydroxyl groups is 3. The lowest BCUT2D eigenvalue weighted by atomic mass is 9.83. The van der Waals surface area contributed by atoms with Crippen LogP contribution in [0.5, 0.6) is 0 Å². The maximum Gasteiger partial charge on any atom is 0.297 e. The largest absolute Gasteiger partial charge is 0.388 e. The van der Waals surface area contributed by atoms with Crippen LogP contribution < -0.4 is 0 Å². The minimum absolute atomic E-state index is 0.0572. The van der Waals surface area contributed by atoms with Crippen LogP contribution in [0, 0.1) is 10.1 Å². The van der Waals surface area contributed by atoms with E-state index in [-0.39, 0.29) is 25.2 Å². The lowest BCUT2D eigenvalue weighted by Gasteiger charge is -2.40. The van der Waals surface area contributed by atoms with Gasteiger partial charge < -0.3 is 24.8 Å². The highest BCUT2D eigenvalue weighted by molar-refractivity contribution is 5.87. The maximum absolute atomic E-state index is 12.4. The highest BCUT2D eigenvalue weighted by Gasteiger charge is 2.66. The first-order valence-corrected chi connectivity index (χ1v) is 11.9. The molecule has 0 saturated carbocycles. The van der Waals surface area contributed by atoms with Crippen LogP contribution in [0.15, 0.2) is 48.5 Å². The molecule has 2 unspecified atom stereocenters. The van der Waals surface area contributed by atoms with Gasteiger partial charge in [-0.2, -0.15) is 0 Å². The number of aryl methyl sites for hydroxylation is 1. The normalized spacial score (nSPS) is 27.2. The topological polar surface area (TPSA) is 166 Å². The van der Waals surface area contributed by atoms with Crippen molar-refractivity contribution in [2.24, 2.45) is 0 Å². The molecule has 0 aliphatic carbocycles. The molecule has 0 radical (unpaired) electrons. The van der Waals surface area contributed by atoms with Crippen molar-refractivity contribution in [3.8, 4) is 0 Å². The summed E-state index contributed by atoms with van der Waals surface area (Å²) >= 11 is 0. The van der Waals surface area contributed by atoms with Gasteiger partial charge in [-0.05, 0) is 36.5 Å². The smallest absolute Gasteiger partial charge is 0.297 e. The minimum Gasteiger partial charge on any atom is -0.388 e. The molecule has 11 heteroatoms. The fourth-order valence-corrected chi connectivity index (χ4v) is 5.14. The Morgan fingerprint density at radius 3 is 2.41 bits per heavy atom. The van der Waals surface area contributed by atoms with Crippen LogP contribution in [-0.2, 0) is 25.5 Å². The number of aldehydes is 1. The number of hydrogen-bond donors (Lipinski definition) is 3. The number of rotatable bonds is 11. The monoisotopic (exact) mass is 515 g/mol. The lowest BCUT2D eigenvalue weighted by molar-refractivity contribution is -0.803. The van der Waals surface area contributed by atoms with Gasteiger partial charge in [0.15, 0.2) is 5.60 Å². The van der Waals surface area contributed by atoms with Crippen molar-refractivity contribution in [3.63, 3.8) is 0 Å². The molecule has 37 heavy (non-hydrogen) atoms. The van der Waals surface area contributed by atoms with Crippen molar-refractivity contribution < 1.29 is 44.3 Å². The Bertz CT molecular complexity index is 1140. The van der Waals surface area contributed by atoms with Crippen molar-refractivity contribution in [1.82, 2.24) is 0 Å². The van der Waals surface area contributed by atoms with E-state index in [9.17, 15) is 35.0 Å². The number of fused-ring (bicyclic) bond motifs is 1. The number of ketones is 1. The zero-order valence-corrected chi connectivity index (χ0v) is 20.2. The SMILES string of the molecule is CC(=O)C(c1ccc(C=O)cc1)c1ccc(CCCC(O)(O[N+](=O)[O-])[C@]2(O)CO[C@@H]3[C@@H](O)CO[C@@H]32)cc1. The van der Waals surface area contributed by atoms with E-state index in [0.29, 0.717) is 12.0 Å². The van der Waals surface area contributed by atoms with Gasteiger partial charge in [0, 0.05) is 12.0 Å². The number of benzene rings is 2. The van der Waals surface area contributed by atoms with Gasteiger partial charge in [-0.25, -0.2) is 0 Å². The van der Waals surface area contributed by atoms with Gasteiger partial charge in [0.05, 0.1) is 19.1 Å². The highest BCUT2D eigenvalue weighted by Crippen LogP contribution is 2.43. The first kappa shape index (κ1) is 26.8. The summed E-state index contributed by atoms with van der Waals surface area (Å²) in [6, 6.07) is 14.1. The van der Waals surface area contributed by atoms with Gasteiger partial charge in [-0.15, -0.1) is 10.1 Å². The Balaban J connectivity index is 1.45. The van der Waals surface area contributed by atoms with Gasteiger partial charge in [0.25, 0.3) is 5.09 Å². The Morgan fingerprint density at radius 2 is 1.84 bits per heavy atom. The number of hydrogen-bond acceptors (Lipinski definition) is 10. The van der Waals surface area contributed by atoms with Crippen molar-refractivity contribution in [2.75, 3.05) is 13.2 Å². The van der Waals surface area contributed by atoms with Gasteiger partial charge in [0.2, 0.25) is 5.79 Å². The van der Waals surface area contributed by atoms with Crippen molar-refractivity contribution in [1.29, 1.82) is 0 Å². The van der Waals surface area contributed by atoms with Crippen molar-refractivity contribution >= 4 is 12.1 Å². The van der Waals surface area contributed by atoms with E-state index < -0.39 is 47.3 Å². The fraction of sp³-hybridized carbons (Fsp3) is 0.462. The van der Waals surface area contributed by atoms with Crippen LogP contribution in [0.1, 0.15) is 52.7 Å². The Kier molecular flexibility index (Phi) is 7.72. The molecule has 2 aliphatic heterocycles. The predicted octanol–water partition coefficient (Wildman–Crippen LogP) is 1.33. The summed E-state index contributed by atoms with van der Waals surface area (Å²) in [5, 5.41) is 42.1. The molecule has 2 saturated heterocycles. The van der Waals surface area contributed by atoms with E-state index in [1.54, 1.807) is 24.3 Å². The Morgan fingerprint density at radius 1 is 1.22 bits per heavy atom. The van der Waals surface area contributed by atoms with E-state index in [1.807, 2.05) is 24.3 Å². The van der Waals surface area contributed by atoms with E-state index in [4.69, 9.17) is 9.47 Å². The van der Waals surface area contributed by atoms with Gasteiger partial charge in [0.1, 0.15) is 30.4 Å². The fourth-order valence-electron chi connectivity index (χ4n) is 5.14. The van der Waals surface area contributed by atoms with Crippen LogP contribution in [0.2, 0.25) is 0 Å². The predicted molar refractivity (Wildman–Crippen MR) is 127 cm³/mol. The number of ether oxygens (including phenoxy) is 2. The molecule has 2 fully saturated rings. The second kappa shape index (κ2) is 10.6. The number of nitrogens with zero attached hydrogens (tertiary/aromatic N) is 1. The lowest BCUT2D eigenvalue weighted by Crippen LogP contribution is -2.64. The van der Waals surface area contributed by atoms with Crippen LogP contribution in [-0.4, -0.2) is 75.4 Å². The molecule has 0 amide bonds. The zero-order valence-electron chi connectivity index (χ0n) is 20.2. The highest BCUT2D eigenvalue weighted by atomic mass is 17.0. The number of Topliss-reactive ketones (excluding diaryl/α,β-unsaturated/α-hetero) is 1. The summed E-state index contributed by atoms with van der Waals surface area (Å²) in [6.45, 7) is 0.858. The molecule has 6 atom stereocenters. The summed E-state index contributed by atoms with van der Waals surface area (Å²) in [7, 11) is 0. The molecule has 4 rings (SSSR count).